The number of fused-ring (bicyclic) bond motifs is 2. The number of anilines is 1. The number of halogens is 1. The summed E-state index contributed by atoms with van der Waals surface area (Å²) in [6.07, 6.45) is 1.65. The molecule has 2 fully saturated rings. The summed E-state index contributed by atoms with van der Waals surface area (Å²) in [6.45, 7) is 0.937. The second-order valence-electron chi connectivity index (χ2n) is 8.11. The third kappa shape index (κ3) is 4.28. The molecular weight excluding hydrogens is 433 g/mol. The molecule has 2 heterocycles. The fourth-order valence-corrected chi connectivity index (χ4v) is 5.84. The lowest BCUT2D eigenvalue weighted by Crippen LogP contribution is -2.55. The number of ether oxygens (including phenoxy) is 1. The van der Waals surface area contributed by atoms with E-state index in [4.69, 9.17) is 10.00 Å². The van der Waals surface area contributed by atoms with Crippen molar-refractivity contribution in [3.63, 3.8) is 0 Å². The molecule has 0 aromatic heterocycles. The Morgan fingerprint density at radius 2 is 1.91 bits per heavy atom. The van der Waals surface area contributed by atoms with E-state index in [0.29, 0.717) is 24.5 Å². The minimum Gasteiger partial charge on any atom is -0.497 e. The Bertz CT molecular complexity index is 1160. The smallest absolute Gasteiger partial charge is 0.223 e. The molecule has 2 bridgehead atoms. The molecular formula is C23H24FN3O4S. The number of carbonyl (C=O) groups is 1. The van der Waals surface area contributed by atoms with E-state index >= 15 is 0 Å². The largest absolute Gasteiger partial charge is 0.497 e. The van der Waals surface area contributed by atoms with Crippen LogP contribution in [0.5, 0.6) is 5.75 Å². The number of amides is 1. The number of hydrogen-bond acceptors (Lipinski definition) is 6. The summed E-state index contributed by atoms with van der Waals surface area (Å²) in [5.74, 6) is -0.566. The average molecular weight is 458 g/mol. The van der Waals surface area contributed by atoms with Gasteiger partial charge in [0.15, 0.2) is 9.84 Å². The lowest BCUT2D eigenvalue weighted by atomic mass is 10.1. The van der Waals surface area contributed by atoms with Crippen LogP contribution in [0.4, 0.5) is 10.1 Å². The standard InChI is InChI=1S/C23H24FN3O4S/c1-31-20-3-2-4-21(12-20)32(29,30)10-9-23(28)26-14-18-7-8-19(15-26)27(18)17-6-5-16(13-25)22(24)11-17/h2-6,11-12,18-19H,7-10,14-15H2,1H3. The second-order valence-corrected chi connectivity index (χ2v) is 10.2. The van der Waals surface area contributed by atoms with Gasteiger partial charge in [0, 0.05) is 37.3 Å². The van der Waals surface area contributed by atoms with Crippen molar-refractivity contribution in [2.75, 3.05) is 30.9 Å². The number of carbonyl (C=O) groups excluding carboxylic acids is 1. The highest BCUT2D eigenvalue weighted by molar-refractivity contribution is 7.91. The van der Waals surface area contributed by atoms with Crippen molar-refractivity contribution in [1.29, 1.82) is 5.26 Å². The number of piperazine rings is 1. The first-order valence-electron chi connectivity index (χ1n) is 10.4. The van der Waals surface area contributed by atoms with Crippen molar-refractivity contribution < 1.29 is 22.3 Å². The number of likely N-dealkylation sites (tertiary alicyclic amines) is 1. The Hall–Kier alpha value is -3.12. The summed E-state index contributed by atoms with van der Waals surface area (Å²) in [4.78, 5) is 16.8. The molecule has 2 aliphatic heterocycles. The number of nitrogens with zero attached hydrogens (tertiary/aromatic N) is 3. The molecule has 2 atom stereocenters. The molecule has 2 aliphatic rings. The van der Waals surface area contributed by atoms with Crippen LogP contribution >= 0.6 is 0 Å². The molecule has 168 valence electrons. The SMILES string of the molecule is COc1cccc(S(=O)(=O)CCC(=O)N2CC3CCC(C2)N3c2ccc(C#N)c(F)c2)c1. The molecule has 0 spiro atoms. The van der Waals surface area contributed by atoms with E-state index in [2.05, 4.69) is 4.90 Å². The van der Waals surface area contributed by atoms with Gasteiger partial charge in [-0.25, -0.2) is 12.8 Å². The highest BCUT2D eigenvalue weighted by atomic mass is 32.2. The Labute approximate surface area is 186 Å². The maximum Gasteiger partial charge on any atom is 0.223 e. The van der Waals surface area contributed by atoms with E-state index in [1.54, 1.807) is 23.1 Å². The molecule has 0 saturated carbocycles. The van der Waals surface area contributed by atoms with Crippen LogP contribution in [0.3, 0.4) is 0 Å². The van der Waals surface area contributed by atoms with Crippen molar-refractivity contribution in [2.45, 2.75) is 36.2 Å². The maximum absolute atomic E-state index is 14.1. The van der Waals surface area contributed by atoms with Crippen LogP contribution in [0.2, 0.25) is 0 Å². The first kappa shape index (κ1) is 22.1. The predicted molar refractivity (Wildman–Crippen MR) is 117 cm³/mol. The highest BCUT2D eigenvalue weighted by Gasteiger charge is 2.41. The molecule has 0 aliphatic carbocycles. The molecule has 2 aromatic rings. The van der Waals surface area contributed by atoms with Crippen LogP contribution in [0, 0.1) is 17.1 Å². The van der Waals surface area contributed by atoms with Crippen LogP contribution < -0.4 is 9.64 Å². The molecule has 2 aromatic carbocycles. The lowest BCUT2D eigenvalue weighted by Gasteiger charge is -2.42. The zero-order chi connectivity index (χ0) is 22.9. The van der Waals surface area contributed by atoms with Crippen molar-refractivity contribution in [1.82, 2.24) is 4.90 Å². The third-order valence-electron chi connectivity index (χ3n) is 6.19. The van der Waals surface area contributed by atoms with Gasteiger partial charge in [-0.1, -0.05) is 6.07 Å². The van der Waals surface area contributed by atoms with Gasteiger partial charge in [0.05, 0.1) is 23.3 Å². The molecule has 7 nitrogen and oxygen atoms in total. The van der Waals surface area contributed by atoms with Crippen LogP contribution in [0.25, 0.3) is 0 Å². The molecule has 1 amide bonds. The molecule has 2 saturated heterocycles. The highest BCUT2D eigenvalue weighted by Crippen LogP contribution is 2.35. The van der Waals surface area contributed by atoms with Crippen LogP contribution in [-0.2, 0) is 14.6 Å². The molecule has 4 rings (SSSR count). The normalized spacial score (nSPS) is 20.2. The van der Waals surface area contributed by atoms with E-state index < -0.39 is 15.7 Å². The minimum absolute atomic E-state index is 0.00663. The average Bonchev–Trinajstić information content (AvgIpc) is 3.06. The zero-order valence-corrected chi connectivity index (χ0v) is 18.5. The molecule has 0 N–H and O–H groups in total. The van der Waals surface area contributed by atoms with E-state index in [0.717, 1.165) is 12.8 Å². The number of benzene rings is 2. The first-order chi connectivity index (χ1) is 15.3. The predicted octanol–water partition coefficient (Wildman–Crippen LogP) is 2.75. The van der Waals surface area contributed by atoms with Gasteiger partial charge in [-0.05, 0) is 49.2 Å². The van der Waals surface area contributed by atoms with E-state index in [1.165, 1.54) is 31.4 Å². The number of sulfone groups is 1. The Kier molecular flexibility index (Phi) is 6.07. The van der Waals surface area contributed by atoms with Gasteiger partial charge >= 0.3 is 0 Å². The van der Waals surface area contributed by atoms with Gasteiger partial charge in [-0.3, -0.25) is 4.79 Å². The third-order valence-corrected chi connectivity index (χ3v) is 7.90. The number of rotatable bonds is 6. The summed E-state index contributed by atoms with van der Waals surface area (Å²) in [7, 11) is -2.14. The summed E-state index contributed by atoms with van der Waals surface area (Å²) in [5, 5.41) is 8.94. The number of hydrogen-bond donors (Lipinski definition) is 0. The summed E-state index contributed by atoms with van der Waals surface area (Å²) < 4.78 is 44.5. The Balaban J connectivity index is 1.41. The number of methoxy groups -OCH3 is 1. The van der Waals surface area contributed by atoms with Gasteiger partial charge in [0.2, 0.25) is 5.91 Å². The lowest BCUT2D eigenvalue weighted by molar-refractivity contribution is -0.131. The topological polar surface area (TPSA) is 90.7 Å². The molecule has 32 heavy (non-hydrogen) atoms. The maximum atomic E-state index is 14.1. The van der Waals surface area contributed by atoms with Crippen molar-refractivity contribution in [3.05, 3.63) is 53.8 Å². The molecule has 2 unspecified atom stereocenters. The summed E-state index contributed by atoms with van der Waals surface area (Å²) in [5.41, 5.74) is 0.717. The van der Waals surface area contributed by atoms with Crippen molar-refractivity contribution in [3.8, 4) is 11.8 Å². The summed E-state index contributed by atoms with van der Waals surface area (Å²) >= 11 is 0. The monoisotopic (exact) mass is 457 g/mol. The van der Waals surface area contributed by atoms with Crippen LogP contribution in [0.15, 0.2) is 47.4 Å². The van der Waals surface area contributed by atoms with E-state index in [1.807, 2.05) is 6.07 Å². The Morgan fingerprint density at radius 3 is 2.53 bits per heavy atom. The van der Waals surface area contributed by atoms with E-state index in [-0.39, 0.29) is 40.6 Å². The summed E-state index contributed by atoms with van der Waals surface area (Å²) in [6, 6.07) is 12.7. The van der Waals surface area contributed by atoms with Gasteiger partial charge in [0.1, 0.15) is 17.6 Å². The minimum atomic E-state index is -3.61. The van der Waals surface area contributed by atoms with Gasteiger partial charge < -0.3 is 14.5 Å². The molecule has 0 radical (unpaired) electrons. The van der Waals surface area contributed by atoms with E-state index in [9.17, 15) is 17.6 Å². The fraction of sp³-hybridized carbons (Fsp3) is 0.391. The van der Waals surface area contributed by atoms with Gasteiger partial charge in [-0.15, -0.1) is 0 Å². The number of nitriles is 1. The fourth-order valence-electron chi connectivity index (χ4n) is 4.58. The van der Waals surface area contributed by atoms with Gasteiger partial charge in [-0.2, -0.15) is 5.26 Å². The van der Waals surface area contributed by atoms with Crippen LogP contribution in [0.1, 0.15) is 24.8 Å². The van der Waals surface area contributed by atoms with Gasteiger partial charge in [0.25, 0.3) is 0 Å². The Morgan fingerprint density at radius 1 is 1.19 bits per heavy atom. The zero-order valence-electron chi connectivity index (χ0n) is 17.7. The quantitative estimate of drug-likeness (QED) is 0.663. The van der Waals surface area contributed by atoms with Crippen molar-refractivity contribution >= 4 is 21.4 Å². The van der Waals surface area contributed by atoms with Crippen LogP contribution in [-0.4, -0.2) is 57.3 Å². The molecule has 9 heteroatoms. The first-order valence-corrected chi connectivity index (χ1v) is 12.1. The second kappa shape index (κ2) is 8.79. The van der Waals surface area contributed by atoms with Crippen molar-refractivity contribution in [2.24, 2.45) is 0 Å².